The zero-order valence-corrected chi connectivity index (χ0v) is 23.6. The Morgan fingerprint density at radius 3 is 2.19 bits per heavy atom. The van der Waals surface area contributed by atoms with Crippen LogP contribution in [0.5, 0.6) is 0 Å². The second-order valence-corrected chi connectivity index (χ2v) is 8.79. The molecular weight excluding hydrogens is 462 g/mol. The molecule has 8 heteroatoms. The monoisotopic (exact) mass is 505 g/mol. The molecule has 200 valence electrons. The van der Waals surface area contributed by atoms with Crippen molar-refractivity contribution < 1.29 is 4.74 Å². The molecule has 0 atom stereocenters. The third-order valence-electron chi connectivity index (χ3n) is 5.36. The zero-order valence-electron chi connectivity index (χ0n) is 23.6. The van der Waals surface area contributed by atoms with Crippen molar-refractivity contribution in [2.45, 2.75) is 73.6 Å². The molecule has 0 radical (unpaired) electrons. The van der Waals surface area contributed by atoms with Gasteiger partial charge in [0.25, 0.3) is 0 Å². The van der Waals surface area contributed by atoms with Crippen molar-refractivity contribution in [2.75, 3.05) is 24.3 Å². The van der Waals surface area contributed by atoms with Crippen molar-refractivity contribution in [3.05, 3.63) is 60.6 Å². The van der Waals surface area contributed by atoms with Gasteiger partial charge < -0.3 is 19.9 Å². The fourth-order valence-corrected chi connectivity index (χ4v) is 3.25. The molecule has 2 N–H and O–H groups in total. The van der Waals surface area contributed by atoms with E-state index in [1.165, 1.54) is 0 Å². The van der Waals surface area contributed by atoms with Crippen molar-refractivity contribution in [3.63, 3.8) is 0 Å². The summed E-state index contributed by atoms with van der Waals surface area (Å²) in [7, 11) is 1.70. The predicted octanol–water partition coefficient (Wildman–Crippen LogP) is 6.97. The van der Waals surface area contributed by atoms with Crippen LogP contribution in [0.4, 0.5) is 11.8 Å². The molecule has 4 rings (SSSR count). The summed E-state index contributed by atoms with van der Waals surface area (Å²) in [6.07, 6.45) is 5.04. The Labute approximate surface area is 221 Å². The van der Waals surface area contributed by atoms with E-state index in [2.05, 4.69) is 80.2 Å². The first kappa shape index (κ1) is 29.7. The maximum absolute atomic E-state index is 4.75. The second kappa shape index (κ2) is 15.6. The SMILES string of the molecule is CC.CCCNc1nc(NCc2ccc(-c3ccccn3)cc2)c2ncn(C(C)C)c2n1.COC(C)C. The fraction of sp³-hybridized carbons (Fsp3) is 0.448. The van der Waals surface area contributed by atoms with E-state index in [1.807, 2.05) is 58.4 Å². The summed E-state index contributed by atoms with van der Waals surface area (Å²) in [6, 6.07) is 14.6. The highest BCUT2D eigenvalue weighted by molar-refractivity contribution is 5.84. The maximum Gasteiger partial charge on any atom is 0.226 e. The Hall–Kier alpha value is -3.52. The predicted molar refractivity (Wildman–Crippen MR) is 155 cm³/mol. The number of fused-ring (bicyclic) bond motifs is 1. The summed E-state index contributed by atoms with van der Waals surface area (Å²) >= 11 is 0. The first-order chi connectivity index (χ1) is 17.9. The molecular formula is C29H43N7O. The standard InChI is InChI=1S/C23H27N7.C4H10O.C2H6/c1-4-12-25-23-28-21(20-22(29-23)30(15-27-20)16(2)3)26-14-17-8-10-18(11-9-17)19-7-5-6-13-24-19;1-4(2)5-3;1-2/h5-11,13,15-16H,4,12,14H2,1-3H3,(H2,25,26,28,29);4H,1-3H3;1-2H3. The van der Waals surface area contributed by atoms with Gasteiger partial charge in [-0.3, -0.25) is 4.98 Å². The third-order valence-corrected chi connectivity index (χ3v) is 5.36. The van der Waals surface area contributed by atoms with Crippen molar-refractivity contribution in [1.82, 2.24) is 24.5 Å². The zero-order chi connectivity index (χ0) is 27.2. The van der Waals surface area contributed by atoms with Crippen molar-refractivity contribution in [3.8, 4) is 11.3 Å². The third kappa shape index (κ3) is 8.82. The lowest BCUT2D eigenvalue weighted by Gasteiger charge is -2.12. The molecule has 0 fully saturated rings. The summed E-state index contributed by atoms with van der Waals surface area (Å²) in [5.41, 5.74) is 4.86. The number of ether oxygens (including phenoxy) is 1. The van der Waals surface area contributed by atoms with Crippen molar-refractivity contribution in [2.24, 2.45) is 0 Å². The number of anilines is 2. The number of hydrogen-bond donors (Lipinski definition) is 2. The molecule has 37 heavy (non-hydrogen) atoms. The van der Waals surface area contributed by atoms with Gasteiger partial charge in [-0.25, -0.2) is 4.98 Å². The molecule has 0 amide bonds. The minimum atomic E-state index is 0.274. The van der Waals surface area contributed by atoms with Gasteiger partial charge in [0.05, 0.1) is 18.1 Å². The van der Waals surface area contributed by atoms with Crippen LogP contribution in [0.15, 0.2) is 55.0 Å². The summed E-state index contributed by atoms with van der Waals surface area (Å²) in [5.74, 6) is 1.37. The number of benzene rings is 1. The smallest absolute Gasteiger partial charge is 0.226 e. The van der Waals surface area contributed by atoms with E-state index in [0.29, 0.717) is 18.6 Å². The molecule has 0 bridgehead atoms. The van der Waals surface area contributed by atoms with E-state index in [-0.39, 0.29) is 6.04 Å². The Balaban J connectivity index is 0.000000617. The number of pyridine rings is 1. The van der Waals surface area contributed by atoms with Crippen molar-refractivity contribution in [1.29, 1.82) is 0 Å². The lowest BCUT2D eigenvalue weighted by atomic mass is 10.1. The van der Waals surface area contributed by atoms with Crippen molar-refractivity contribution >= 4 is 22.9 Å². The van der Waals surface area contributed by atoms with Crippen LogP contribution in [0, 0.1) is 0 Å². The summed E-state index contributed by atoms with van der Waals surface area (Å²) in [4.78, 5) is 18.3. The summed E-state index contributed by atoms with van der Waals surface area (Å²) in [6.45, 7) is 15.8. The summed E-state index contributed by atoms with van der Waals surface area (Å²) < 4.78 is 6.82. The average molecular weight is 506 g/mol. The molecule has 3 heterocycles. The minimum Gasteiger partial charge on any atom is -0.382 e. The molecule has 0 saturated carbocycles. The quantitative estimate of drug-likeness (QED) is 0.254. The van der Waals surface area contributed by atoms with Gasteiger partial charge in [-0.05, 0) is 51.8 Å². The molecule has 3 aromatic heterocycles. The highest BCUT2D eigenvalue weighted by Gasteiger charge is 2.14. The number of rotatable bonds is 9. The lowest BCUT2D eigenvalue weighted by Crippen LogP contribution is -2.10. The van der Waals surface area contributed by atoms with Crippen LogP contribution in [-0.2, 0) is 11.3 Å². The molecule has 8 nitrogen and oxygen atoms in total. The molecule has 1 aromatic carbocycles. The normalized spacial score (nSPS) is 10.5. The van der Waals surface area contributed by atoms with Crippen LogP contribution in [0.2, 0.25) is 0 Å². The van der Waals surface area contributed by atoms with Gasteiger partial charge >= 0.3 is 0 Å². The van der Waals surface area contributed by atoms with Gasteiger partial charge in [-0.1, -0.05) is 51.1 Å². The molecule has 0 aliphatic carbocycles. The fourth-order valence-electron chi connectivity index (χ4n) is 3.25. The van der Waals surface area contributed by atoms with E-state index in [0.717, 1.165) is 46.8 Å². The van der Waals surface area contributed by atoms with Gasteiger partial charge in [-0.15, -0.1) is 0 Å². The number of imidazole rings is 1. The van der Waals surface area contributed by atoms with E-state index in [4.69, 9.17) is 4.74 Å². The molecule has 0 spiro atoms. The van der Waals surface area contributed by atoms with Gasteiger partial charge in [-0.2, -0.15) is 9.97 Å². The van der Waals surface area contributed by atoms with E-state index in [9.17, 15) is 0 Å². The maximum atomic E-state index is 4.75. The van der Waals surface area contributed by atoms with Crippen LogP contribution < -0.4 is 10.6 Å². The van der Waals surface area contributed by atoms with Crippen LogP contribution >= 0.6 is 0 Å². The molecule has 0 aliphatic rings. The average Bonchev–Trinajstić information content (AvgIpc) is 3.37. The Kier molecular flexibility index (Phi) is 12.5. The minimum absolute atomic E-state index is 0.274. The largest absolute Gasteiger partial charge is 0.382 e. The Bertz CT molecular complexity index is 1170. The first-order valence-corrected chi connectivity index (χ1v) is 13.2. The van der Waals surface area contributed by atoms with E-state index in [1.54, 1.807) is 7.11 Å². The lowest BCUT2D eigenvalue weighted by molar-refractivity contribution is 0.134. The topological polar surface area (TPSA) is 89.8 Å². The van der Waals surface area contributed by atoms with E-state index < -0.39 is 0 Å². The number of aromatic nitrogens is 5. The van der Waals surface area contributed by atoms with Crippen LogP contribution in [0.25, 0.3) is 22.4 Å². The Morgan fingerprint density at radius 2 is 1.62 bits per heavy atom. The molecule has 0 saturated heterocycles. The Morgan fingerprint density at radius 1 is 0.919 bits per heavy atom. The highest BCUT2D eigenvalue weighted by atomic mass is 16.5. The molecule has 0 unspecified atom stereocenters. The van der Waals surface area contributed by atoms with Crippen LogP contribution in [0.3, 0.4) is 0 Å². The number of nitrogens with one attached hydrogen (secondary N) is 2. The molecule has 4 aromatic rings. The number of methoxy groups -OCH3 is 1. The summed E-state index contributed by atoms with van der Waals surface area (Å²) in [5, 5.41) is 6.75. The first-order valence-electron chi connectivity index (χ1n) is 13.2. The van der Waals surface area contributed by atoms with Crippen LogP contribution in [-0.4, -0.2) is 44.3 Å². The van der Waals surface area contributed by atoms with Gasteiger partial charge in [0, 0.05) is 38.0 Å². The van der Waals surface area contributed by atoms with Gasteiger partial charge in [0.2, 0.25) is 5.95 Å². The van der Waals surface area contributed by atoms with E-state index >= 15 is 0 Å². The second-order valence-electron chi connectivity index (χ2n) is 8.79. The van der Waals surface area contributed by atoms with Gasteiger partial charge in [0.1, 0.15) is 0 Å². The molecule has 0 aliphatic heterocycles. The highest BCUT2D eigenvalue weighted by Crippen LogP contribution is 2.24. The van der Waals surface area contributed by atoms with Gasteiger partial charge in [0.15, 0.2) is 17.0 Å². The number of nitrogens with zero attached hydrogens (tertiary/aromatic N) is 5. The number of hydrogen-bond acceptors (Lipinski definition) is 7. The van der Waals surface area contributed by atoms with Crippen LogP contribution in [0.1, 0.15) is 66.5 Å².